The highest BCUT2D eigenvalue weighted by atomic mass is 16.3. The average Bonchev–Trinajstić information content (AvgIpc) is 2.77. The van der Waals surface area contributed by atoms with Crippen LogP contribution in [0.4, 0.5) is 0 Å². The van der Waals surface area contributed by atoms with Crippen molar-refractivity contribution < 1.29 is 4.42 Å². The molecule has 1 saturated heterocycles. The van der Waals surface area contributed by atoms with Crippen LogP contribution in [0.25, 0.3) is 0 Å². The molecule has 2 heteroatoms. The van der Waals surface area contributed by atoms with Gasteiger partial charge in [-0.2, -0.15) is 0 Å². The largest absolute Gasteiger partial charge is 0.467 e. The Morgan fingerprint density at radius 2 is 2.31 bits per heavy atom. The van der Waals surface area contributed by atoms with Crippen molar-refractivity contribution in [2.75, 3.05) is 6.54 Å². The Kier molecular flexibility index (Phi) is 1.53. The van der Waals surface area contributed by atoms with Crippen molar-refractivity contribution in [1.29, 1.82) is 0 Å². The zero-order valence-electron chi connectivity index (χ0n) is 7.92. The summed E-state index contributed by atoms with van der Waals surface area (Å²) >= 11 is 0. The molecule has 1 aromatic heterocycles. The molecule has 0 amide bonds. The first-order valence-electron chi connectivity index (χ1n) is 5.13. The van der Waals surface area contributed by atoms with Crippen molar-refractivity contribution in [2.24, 2.45) is 11.8 Å². The number of hydrogen-bond acceptors (Lipinski definition) is 2. The highest BCUT2D eigenvalue weighted by Gasteiger charge is 2.44. The molecule has 0 bridgehead atoms. The molecular weight excluding hydrogens is 162 g/mol. The molecule has 0 aromatic carbocycles. The quantitative estimate of drug-likeness (QED) is 0.749. The van der Waals surface area contributed by atoms with E-state index in [0.717, 1.165) is 11.8 Å². The van der Waals surface area contributed by atoms with Gasteiger partial charge in [0.15, 0.2) is 0 Å². The normalized spacial score (nSPS) is 33.0. The summed E-state index contributed by atoms with van der Waals surface area (Å²) in [5.74, 6) is 3.00. The molecule has 2 fully saturated rings. The van der Waals surface area contributed by atoms with Gasteiger partial charge in [-0.15, -0.1) is 0 Å². The van der Waals surface area contributed by atoms with E-state index in [1.165, 1.54) is 30.7 Å². The van der Waals surface area contributed by atoms with Crippen LogP contribution in [0.1, 0.15) is 30.2 Å². The van der Waals surface area contributed by atoms with Crippen LogP contribution in [0.2, 0.25) is 0 Å². The van der Waals surface area contributed by atoms with E-state index in [4.69, 9.17) is 4.42 Å². The zero-order valence-corrected chi connectivity index (χ0v) is 7.92. The van der Waals surface area contributed by atoms with Crippen LogP contribution in [-0.2, 0) is 0 Å². The Morgan fingerprint density at radius 1 is 1.46 bits per heavy atom. The fourth-order valence-corrected chi connectivity index (χ4v) is 2.33. The van der Waals surface area contributed by atoms with E-state index >= 15 is 0 Å². The highest BCUT2D eigenvalue weighted by Crippen LogP contribution is 2.47. The summed E-state index contributed by atoms with van der Waals surface area (Å²) in [7, 11) is 0. The third kappa shape index (κ3) is 1.12. The Balaban J connectivity index is 1.81. The van der Waals surface area contributed by atoms with Crippen molar-refractivity contribution in [3.63, 3.8) is 0 Å². The van der Waals surface area contributed by atoms with Crippen LogP contribution in [0.3, 0.4) is 0 Å². The lowest BCUT2D eigenvalue weighted by atomic mass is 9.84. The first-order valence-corrected chi connectivity index (χ1v) is 5.13. The second-order valence-corrected chi connectivity index (χ2v) is 4.36. The lowest BCUT2D eigenvalue weighted by Crippen LogP contribution is -2.46. The Hall–Kier alpha value is -0.760. The van der Waals surface area contributed by atoms with Crippen molar-refractivity contribution in [1.82, 2.24) is 5.32 Å². The minimum atomic E-state index is 0.516. The molecule has 13 heavy (non-hydrogen) atoms. The zero-order chi connectivity index (χ0) is 8.84. The highest BCUT2D eigenvalue weighted by molar-refractivity contribution is 5.22. The molecule has 1 aromatic rings. The molecule has 2 heterocycles. The summed E-state index contributed by atoms with van der Waals surface area (Å²) in [4.78, 5) is 0. The van der Waals surface area contributed by atoms with Gasteiger partial charge in [-0.1, -0.05) is 0 Å². The van der Waals surface area contributed by atoms with E-state index in [1.807, 2.05) is 0 Å². The average molecular weight is 177 g/mol. The van der Waals surface area contributed by atoms with Gasteiger partial charge in [0.05, 0.1) is 12.3 Å². The molecule has 2 atom stereocenters. The Bertz CT molecular complexity index is 314. The lowest BCUT2D eigenvalue weighted by molar-refractivity contribution is 0.178. The van der Waals surface area contributed by atoms with Gasteiger partial charge in [0.1, 0.15) is 5.76 Å². The first kappa shape index (κ1) is 7.63. The van der Waals surface area contributed by atoms with Gasteiger partial charge in [0.2, 0.25) is 0 Å². The smallest absolute Gasteiger partial charge is 0.123 e. The minimum Gasteiger partial charge on any atom is -0.467 e. The van der Waals surface area contributed by atoms with Crippen molar-refractivity contribution in [2.45, 2.75) is 25.8 Å². The number of hydrogen-bond donors (Lipinski definition) is 1. The van der Waals surface area contributed by atoms with E-state index in [-0.39, 0.29) is 0 Å². The minimum absolute atomic E-state index is 0.516. The molecule has 1 aliphatic heterocycles. The molecule has 0 radical (unpaired) electrons. The third-order valence-corrected chi connectivity index (χ3v) is 3.41. The SMILES string of the molecule is Cc1ccoc1C1NCC1C1CC1. The Labute approximate surface area is 78.3 Å². The Morgan fingerprint density at radius 3 is 2.77 bits per heavy atom. The molecule has 0 spiro atoms. The topological polar surface area (TPSA) is 25.2 Å². The van der Waals surface area contributed by atoms with E-state index < -0.39 is 0 Å². The summed E-state index contributed by atoms with van der Waals surface area (Å²) in [6.07, 6.45) is 4.67. The molecule has 70 valence electrons. The summed E-state index contributed by atoms with van der Waals surface area (Å²) in [6.45, 7) is 3.32. The van der Waals surface area contributed by atoms with Crippen LogP contribution < -0.4 is 5.32 Å². The number of nitrogens with one attached hydrogen (secondary N) is 1. The maximum Gasteiger partial charge on any atom is 0.123 e. The fraction of sp³-hybridized carbons (Fsp3) is 0.636. The maximum absolute atomic E-state index is 5.51. The van der Waals surface area contributed by atoms with Crippen LogP contribution in [0.15, 0.2) is 16.7 Å². The van der Waals surface area contributed by atoms with E-state index in [0.29, 0.717) is 6.04 Å². The second-order valence-electron chi connectivity index (χ2n) is 4.36. The van der Waals surface area contributed by atoms with Gasteiger partial charge >= 0.3 is 0 Å². The summed E-state index contributed by atoms with van der Waals surface area (Å²) in [5.41, 5.74) is 1.29. The predicted octanol–water partition coefficient (Wildman–Crippen LogP) is 2.26. The molecule has 2 unspecified atom stereocenters. The van der Waals surface area contributed by atoms with Gasteiger partial charge < -0.3 is 9.73 Å². The number of aryl methyl sites for hydroxylation is 1. The maximum atomic E-state index is 5.51. The first-order chi connectivity index (χ1) is 6.36. The third-order valence-electron chi connectivity index (χ3n) is 3.41. The van der Waals surface area contributed by atoms with Crippen LogP contribution in [0.5, 0.6) is 0 Å². The van der Waals surface area contributed by atoms with Gasteiger partial charge in [-0.25, -0.2) is 0 Å². The van der Waals surface area contributed by atoms with Gasteiger partial charge in [0, 0.05) is 6.54 Å². The van der Waals surface area contributed by atoms with E-state index in [1.54, 1.807) is 6.26 Å². The van der Waals surface area contributed by atoms with Crippen molar-refractivity contribution in [3.05, 3.63) is 23.7 Å². The molecule has 3 rings (SSSR count). The van der Waals surface area contributed by atoms with Gasteiger partial charge in [-0.3, -0.25) is 0 Å². The monoisotopic (exact) mass is 177 g/mol. The molecule has 2 nitrogen and oxygen atoms in total. The summed E-state index contributed by atoms with van der Waals surface area (Å²) in [6, 6.07) is 2.57. The van der Waals surface area contributed by atoms with Crippen LogP contribution in [-0.4, -0.2) is 6.54 Å². The van der Waals surface area contributed by atoms with Gasteiger partial charge in [0.25, 0.3) is 0 Å². The summed E-state index contributed by atoms with van der Waals surface area (Å²) in [5, 5.41) is 3.47. The summed E-state index contributed by atoms with van der Waals surface area (Å²) < 4.78 is 5.51. The number of rotatable bonds is 2. The second kappa shape index (κ2) is 2.61. The molecule has 2 aliphatic rings. The molecular formula is C11H15NO. The molecule has 1 aliphatic carbocycles. The van der Waals surface area contributed by atoms with Crippen LogP contribution in [0, 0.1) is 18.8 Å². The predicted molar refractivity (Wildman–Crippen MR) is 50.4 cm³/mol. The molecule has 1 saturated carbocycles. The fourth-order valence-electron chi connectivity index (χ4n) is 2.33. The van der Waals surface area contributed by atoms with Crippen LogP contribution >= 0.6 is 0 Å². The molecule has 1 N–H and O–H groups in total. The van der Waals surface area contributed by atoms with Gasteiger partial charge in [-0.05, 0) is 43.2 Å². The number of furan rings is 1. The van der Waals surface area contributed by atoms with E-state index in [9.17, 15) is 0 Å². The lowest BCUT2D eigenvalue weighted by Gasteiger charge is -2.37. The van der Waals surface area contributed by atoms with E-state index in [2.05, 4.69) is 18.3 Å². The van der Waals surface area contributed by atoms with Crippen molar-refractivity contribution in [3.8, 4) is 0 Å². The van der Waals surface area contributed by atoms with Crippen molar-refractivity contribution >= 4 is 0 Å². The standard InChI is InChI=1S/C11H15NO/c1-7-4-5-13-11(7)10-9(6-12-10)8-2-3-8/h4-5,8-10,12H,2-3,6H2,1H3.